The number of benzene rings is 2. The smallest absolute Gasteiger partial charge is 0.423 e. The molecule has 3 rings (SSSR count). The van der Waals surface area contributed by atoms with Crippen LogP contribution in [-0.2, 0) is 12.8 Å². The molecule has 2 aromatic carbocycles. The zero-order valence-electron chi connectivity index (χ0n) is 12.9. The van der Waals surface area contributed by atoms with E-state index in [0.717, 1.165) is 4.68 Å². The van der Waals surface area contributed by atoms with Crippen LogP contribution in [0.2, 0.25) is 15.1 Å². The lowest BCUT2D eigenvalue weighted by Crippen LogP contribution is -2.10. The van der Waals surface area contributed by atoms with Crippen molar-refractivity contribution in [3.8, 4) is 11.6 Å². The fourth-order valence-corrected chi connectivity index (χ4v) is 3.27. The number of alkyl halides is 3. The molecule has 136 valence electrons. The van der Waals surface area contributed by atoms with E-state index in [0.29, 0.717) is 11.8 Å². The topological polar surface area (TPSA) is 27.1 Å². The minimum absolute atomic E-state index is 0.0453. The molecule has 0 aliphatic carbocycles. The summed E-state index contributed by atoms with van der Waals surface area (Å²) in [6.07, 6.45) is -3.99. The Morgan fingerprint density at radius 1 is 1.00 bits per heavy atom. The van der Waals surface area contributed by atoms with Crippen LogP contribution in [0, 0.1) is 0 Å². The van der Waals surface area contributed by atoms with Gasteiger partial charge in [-0.1, -0.05) is 65.1 Å². The van der Waals surface area contributed by atoms with Crippen LogP contribution in [0.15, 0.2) is 48.7 Å². The summed E-state index contributed by atoms with van der Waals surface area (Å²) in [6.45, 7) is -0.0849. The lowest BCUT2D eigenvalue weighted by Gasteiger charge is -2.15. The minimum Gasteiger partial charge on any atom is -0.472 e. The van der Waals surface area contributed by atoms with Crippen molar-refractivity contribution in [3.05, 3.63) is 74.9 Å². The molecule has 1 aromatic heterocycles. The van der Waals surface area contributed by atoms with Crippen molar-refractivity contribution in [2.24, 2.45) is 0 Å². The molecule has 0 aliphatic heterocycles. The maximum atomic E-state index is 13.3. The van der Waals surface area contributed by atoms with E-state index >= 15 is 0 Å². The van der Waals surface area contributed by atoms with Crippen molar-refractivity contribution in [1.82, 2.24) is 9.78 Å². The fourth-order valence-electron chi connectivity index (χ4n) is 2.29. The second-order valence-electron chi connectivity index (χ2n) is 5.27. The van der Waals surface area contributed by atoms with Crippen LogP contribution in [0.25, 0.3) is 5.69 Å². The van der Waals surface area contributed by atoms with Crippen LogP contribution in [0.1, 0.15) is 11.1 Å². The average molecular weight is 422 g/mol. The molecule has 0 saturated carbocycles. The molecule has 0 atom stereocenters. The molecule has 0 unspecified atom stereocenters. The maximum Gasteiger partial charge on any atom is 0.423 e. The Balaban J connectivity index is 2.08. The van der Waals surface area contributed by atoms with Gasteiger partial charge in [-0.3, -0.25) is 0 Å². The van der Waals surface area contributed by atoms with Gasteiger partial charge in [-0.25, -0.2) is 0 Å². The number of aromatic nitrogens is 2. The van der Waals surface area contributed by atoms with E-state index in [9.17, 15) is 13.2 Å². The molecule has 0 N–H and O–H groups in total. The maximum absolute atomic E-state index is 13.3. The van der Waals surface area contributed by atoms with E-state index < -0.39 is 17.6 Å². The minimum atomic E-state index is -4.66. The predicted octanol–water partition coefficient (Wildman–Crippen LogP) is 6.43. The summed E-state index contributed by atoms with van der Waals surface area (Å²) in [5, 5.41) is 4.12. The summed E-state index contributed by atoms with van der Waals surface area (Å²) in [5.41, 5.74) is -0.284. The summed E-state index contributed by atoms with van der Waals surface area (Å²) in [6, 6.07) is 11.5. The SMILES string of the molecule is FC(F)(F)c1cnn(-c2c(Cl)cc(Cl)cc2Cl)c1OCc1ccccc1. The van der Waals surface area contributed by atoms with Crippen molar-refractivity contribution in [2.75, 3.05) is 0 Å². The van der Waals surface area contributed by atoms with Crippen LogP contribution in [0.4, 0.5) is 13.2 Å². The molecule has 3 nitrogen and oxygen atoms in total. The quantitative estimate of drug-likeness (QED) is 0.485. The zero-order chi connectivity index (χ0) is 18.9. The standard InChI is InChI=1S/C17H10Cl3F3N2O/c18-11-6-13(19)15(14(20)7-11)25-16(12(8-24-25)17(21,22)23)26-9-10-4-2-1-3-5-10/h1-8H,9H2. The highest BCUT2D eigenvalue weighted by Crippen LogP contribution is 2.40. The van der Waals surface area contributed by atoms with Gasteiger partial charge in [0.05, 0.1) is 16.2 Å². The first-order chi connectivity index (χ1) is 12.3. The highest BCUT2D eigenvalue weighted by Gasteiger charge is 2.38. The Hall–Kier alpha value is -1.89. The third-order valence-corrected chi connectivity index (χ3v) is 4.24. The molecule has 3 aromatic rings. The van der Waals surface area contributed by atoms with Crippen LogP contribution in [0.5, 0.6) is 5.88 Å². The van der Waals surface area contributed by atoms with E-state index in [-0.39, 0.29) is 27.4 Å². The highest BCUT2D eigenvalue weighted by molar-refractivity contribution is 6.40. The molecule has 26 heavy (non-hydrogen) atoms. The first-order valence-corrected chi connectivity index (χ1v) is 8.37. The van der Waals surface area contributed by atoms with Gasteiger partial charge in [0, 0.05) is 5.02 Å². The van der Waals surface area contributed by atoms with Gasteiger partial charge in [0.25, 0.3) is 0 Å². The molecule has 0 aliphatic rings. The number of hydrogen-bond acceptors (Lipinski definition) is 2. The Morgan fingerprint density at radius 2 is 1.62 bits per heavy atom. The normalized spacial score (nSPS) is 11.6. The Labute approximate surface area is 161 Å². The monoisotopic (exact) mass is 420 g/mol. The Bertz CT molecular complexity index is 904. The van der Waals surface area contributed by atoms with Crippen LogP contribution >= 0.6 is 34.8 Å². The molecule has 1 heterocycles. The van der Waals surface area contributed by atoms with Gasteiger partial charge in [0.15, 0.2) is 0 Å². The van der Waals surface area contributed by atoms with Crippen molar-refractivity contribution in [1.29, 1.82) is 0 Å². The van der Waals surface area contributed by atoms with E-state index in [2.05, 4.69) is 5.10 Å². The summed E-state index contributed by atoms with van der Waals surface area (Å²) in [5.74, 6) is -0.507. The number of hydrogen-bond donors (Lipinski definition) is 0. The molecule has 0 radical (unpaired) electrons. The van der Waals surface area contributed by atoms with E-state index in [1.54, 1.807) is 30.3 Å². The Kier molecular flexibility index (Phi) is 5.37. The molecule has 0 fully saturated rings. The first kappa shape index (κ1) is 18.9. The number of halogens is 6. The molecule has 0 bridgehead atoms. The molecule has 0 spiro atoms. The van der Waals surface area contributed by atoms with E-state index in [1.165, 1.54) is 12.1 Å². The van der Waals surface area contributed by atoms with Crippen LogP contribution < -0.4 is 4.74 Å². The molecule has 0 saturated heterocycles. The zero-order valence-corrected chi connectivity index (χ0v) is 15.2. The highest BCUT2D eigenvalue weighted by atomic mass is 35.5. The third-order valence-electron chi connectivity index (χ3n) is 3.44. The summed E-state index contributed by atoms with van der Waals surface area (Å²) >= 11 is 18.1. The summed E-state index contributed by atoms with van der Waals surface area (Å²) in [4.78, 5) is 0. The van der Waals surface area contributed by atoms with Crippen molar-refractivity contribution in [2.45, 2.75) is 12.8 Å². The molecular weight excluding hydrogens is 412 g/mol. The third kappa shape index (κ3) is 3.92. The number of ether oxygens (including phenoxy) is 1. The van der Waals surface area contributed by atoms with Crippen molar-refractivity contribution in [3.63, 3.8) is 0 Å². The summed E-state index contributed by atoms with van der Waals surface area (Å²) in [7, 11) is 0. The predicted molar refractivity (Wildman–Crippen MR) is 94.4 cm³/mol. The Morgan fingerprint density at radius 3 is 2.19 bits per heavy atom. The lowest BCUT2D eigenvalue weighted by atomic mass is 10.2. The van der Waals surface area contributed by atoms with Gasteiger partial charge in [0.1, 0.15) is 17.9 Å². The summed E-state index contributed by atoms with van der Waals surface area (Å²) < 4.78 is 46.4. The van der Waals surface area contributed by atoms with Crippen LogP contribution in [-0.4, -0.2) is 9.78 Å². The van der Waals surface area contributed by atoms with Gasteiger partial charge < -0.3 is 4.74 Å². The lowest BCUT2D eigenvalue weighted by molar-refractivity contribution is -0.139. The van der Waals surface area contributed by atoms with Gasteiger partial charge in [-0.05, 0) is 17.7 Å². The molecule has 0 amide bonds. The van der Waals surface area contributed by atoms with E-state index in [1.807, 2.05) is 0 Å². The fraction of sp³-hybridized carbons (Fsp3) is 0.118. The second-order valence-corrected chi connectivity index (χ2v) is 6.52. The largest absolute Gasteiger partial charge is 0.472 e. The molecular formula is C17H10Cl3F3N2O. The number of rotatable bonds is 4. The van der Waals surface area contributed by atoms with Crippen LogP contribution in [0.3, 0.4) is 0 Å². The van der Waals surface area contributed by atoms with Gasteiger partial charge in [-0.2, -0.15) is 23.0 Å². The average Bonchev–Trinajstić information content (AvgIpc) is 2.97. The van der Waals surface area contributed by atoms with E-state index in [4.69, 9.17) is 39.5 Å². The van der Waals surface area contributed by atoms with Gasteiger partial charge in [-0.15, -0.1) is 0 Å². The number of nitrogens with zero attached hydrogens (tertiary/aromatic N) is 2. The second kappa shape index (κ2) is 7.39. The first-order valence-electron chi connectivity index (χ1n) is 7.24. The van der Waals surface area contributed by atoms with Crippen molar-refractivity contribution < 1.29 is 17.9 Å². The van der Waals surface area contributed by atoms with Crippen molar-refractivity contribution >= 4 is 34.8 Å². The van der Waals surface area contributed by atoms with Gasteiger partial charge >= 0.3 is 6.18 Å². The van der Waals surface area contributed by atoms with Gasteiger partial charge in [0.2, 0.25) is 5.88 Å². The molecule has 9 heteroatoms.